The Balaban J connectivity index is 0.000000223. The van der Waals surface area contributed by atoms with Crippen molar-refractivity contribution in [3.8, 4) is 22.3 Å². The highest BCUT2D eigenvalue weighted by Crippen LogP contribution is 2.40. The maximum Gasteiger partial charge on any atom is 0.0659 e. The second-order valence-electron chi connectivity index (χ2n) is 13.8. The van der Waals surface area contributed by atoms with Crippen LogP contribution in [0.5, 0.6) is 0 Å². The number of rotatable bonds is 10. The Morgan fingerprint density at radius 1 is 0.607 bits per heavy atom. The maximum absolute atomic E-state index is 6.29. The van der Waals surface area contributed by atoms with Crippen LogP contribution in [0.15, 0.2) is 194 Å². The number of aliphatic imine (C=N–C) groups is 1. The molecule has 0 spiro atoms. The minimum Gasteiger partial charge on any atom is -0.397 e. The van der Waals surface area contributed by atoms with Crippen molar-refractivity contribution >= 4 is 34.9 Å². The fourth-order valence-electron chi connectivity index (χ4n) is 7.03. The highest BCUT2D eigenvalue weighted by atomic mass is 14.9. The molecule has 0 fully saturated rings. The summed E-state index contributed by atoms with van der Waals surface area (Å²) in [5.41, 5.74) is 20.1. The van der Waals surface area contributed by atoms with Crippen molar-refractivity contribution in [2.75, 3.05) is 24.6 Å². The molecule has 7 aromatic rings. The summed E-state index contributed by atoms with van der Waals surface area (Å²) in [5.74, 6) is 0. The summed E-state index contributed by atoms with van der Waals surface area (Å²) in [4.78, 5) is 3.25. The Kier molecular flexibility index (Phi) is 14.1. The van der Waals surface area contributed by atoms with Gasteiger partial charge >= 0.3 is 0 Å². The van der Waals surface area contributed by atoms with Gasteiger partial charge in [0.2, 0.25) is 0 Å². The van der Waals surface area contributed by atoms with E-state index in [-0.39, 0.29) is 5.41 Å². The molecule has 1 atom stereocenters. The Bertz CT molecular complexity index is 2370. The van der Waals surface area contributed by atoms with Crippen molar-refractivity contribution in [3.63, 3.8) is 0 Å². The molecule has 3 N–H and O–H groups in total. The molecule has 280 valence electrons. The number of anilines is 2. The number of allylic oxidation sites excluding steroid dienone is 2. The largest absolute Gasteiger partial charge is 0.397 e. The number of benzene rings is 7. The molecule has 56 heavy (non-hydrogen) atoms. The van der Waals surface area contributed by atoms with Crippen molar-refractivity contribution in [2.45, 2.75) is 26.2 Å². The second kappa shape index (κ2) is 19.6. The van der Waals surface area contributed by atoms with E-state index in [4.69, 9.17) is 5.73 Å². The molecule has 0 aliphatic heterocycles. The van der Waals surface area contributed by atoms with Crippen LogP contribution in [0, 0.1) is 13.8 Å². The molecule has 0 bridgehead atoms. The number of hydrogen-bond donors (Lipinski definition) is 2. The predicted octanol–water partition coefficient (Wildman–Crippen LogP) is 13.5. The monoisotopic (exact) mass is 731 g/mol. The molecule has 0 radical (unpaired) electrons. The van der Waals surface area contributed by atoms with E-state index >= 15 is 0 Å². The minimum atomic E-state index is -0.248. The van der Waals surface area contributed by atoms with Crippen molar-refractivity contribution in [2.24, 2.45) is 4.99 Å². The van der Waals surface area contributed by atoms with Crippen LogP contribution in [-0.4, -0.2) is 20.3 Å². The van der Waals surface area contributed by atoms with Gasteiger partial charge in [0.1, 0.15) is 0 Å². The van der Waals surface area contributed by atoms with Crippen LogP contribution in [-0.2, 0) is 5.41 Å². The van der Waals surface area contributed by atoms with Gasteiger partial charge in [-0.2, -0.15) is 0 Å². The Morgan fingerprint density at radius 3 is 1.54 bits per heavy atom. The highest BCUT2D eigenvalue weighted by Gasteiger charge is 2.31. The molecule has 7 rings (SSSR count). The normalized spacial score (nSPS) is 11.6. The number of nitrogens with one attached hydrogen (secondary N) is 1. The van der Waals surface area contributed by atoms with Gasteiger partial charge < -0.3 is 16.0 Å². The Hall–Kier alpha value is -6.71. The van der Waals surface area contributed by atoms with Crippen LogP contribution in [0.25, 0.3) is 39.1 Å². The average Bonchev–Trinajstić information content (AvgIpc) is 3.25. The molecule has 0 aliphatic rings. The van der Waals surface area contributed by atoms with Crippen molar-refractivity contribution in [1.29, 1.82) is 0 Å². The van der Waals surface area contributed by atoms with Gasteiger partial charge in [0.05, 0.1) is 11.4 Å². The zero-order valence-corrected chi connectivity index (χ0v) is 33.2. The molecule has 0 saturated carbocycles. The highest BCUT2D eigenvalue weighted by molar-refractivity contribution is 6.05. The number of nitrogen functional groups attached to an aromatic ring is 1. The van der Waals surface area contributed by atoms with Crippen molar-refractivity contribution in [3.05, 3.63) is 222 Å². The molecule has 0 saturated heterocycles. The molecule has 3 heteroatoms. The van der Waals surface area contributed by atoms with Gasteiger partial charge in [-0.15, -0.1) is 0 Å². The molecule has 0 amide bonds. The molecular weight excluding hydrogens is 679 g/mol. The third kappa shape index (κ3) is 9.32. The zero-order valence-electron chi connectivity index (χ0n) is 33.2. The molecular formula is C53H53N3. The molecule has 0 aliphatic carbocycles. The lowest BCUT2D eigenvalue weighted by Crippen LogP contribution is -2.25. The maximum atomic E-state index is 6.29. The van der Waals surface area contributed by atoms with Crippen LogP contribution in [0.4, 0.5) is 11.4 Å². The van der Waals surface area contributed by atoms with Gasteiger partial charge in [-0.25, -0.2) is 0 Å². The van der Waals surface area contributed by atoms with Crippen LogP contribution in [0.3, 0.4) is 0 Å². The topological polar surface area (TPSA) is 50.4 Å². The molecule has 0 aromatic heterocycles. The first kappa shape index (κ1) is 40.5. The van der Waals surface area contributed by atoms with E-state index in [1.807, 2.05) is 37.3 Å². The average molecular weight is 732 g/mol. The van der Waals surface area contributed by atoms with Crippen LogP contribution >= 0.6 is 0 Å². The Morgan fingerprint density at radius 2 is 1.04 bits per heavy atom. The van der Waals surface area contributed by atoms with E-state index in [9.17, 15) is 0 Å². The smallest absolute Gasteiger partial charge is 0.0659 e. The van der Waals surface area contributed by atoms with Gasteiger partial charge in [0.15, 0.2) is 0 Å². The number of nitrogens with zero attached hydrogens (tertiary/aromatic N) is 1. The summed E-state index contributed by atoms with van der Waals surface area (Å²) in [5, 5.41) is 5.68. The SMILES string of the molecule is C=C/C=C\CNc1c(N)c(C)c(C=C)c2ccccc12.C=NC.Cc1ccc(-c2ccc(C(C)(c3ccccc3)c3ccc(-c4ccccc4)cc3)cc2)cc1. The third-order valence-corrected chi connectivity index (χ3v) is 10.2. The van der Waals surface area contributed by atoms with Gasteiger partial charge in [-0.1, -0.05) is 201 Å². The van der Waals surface area contributed by atoms with E-state index in [2.05, 4.69) is 190 Å². The zero-order chi connectivity index (χ0) is 39.9. The lowest BCUT2D eigenvalue weighted by Gasteiger charge is -2.32. The lowest BCUT2D eigenvalue weighted by molar-refractivity contribution is 0.693. The van der Waals surface area contributed by atoms with E-state index in [1.165, 1.54) is 49.9 Å². The van der Waals surface area contributed by atoms with E-state index in [0.29, 0.717) is 6.54 Å². The summed E-state index contributed by atoms with van der Waals surface area (Å²) in [6.07, 6.45) is 7.55. The quantitative estimate of drug-likeness (QED) is 0.0637. The first-order valence-electron chi connectivity index (χ1n) is 18.9. The van der Waals surface area contributed by atoms with Gasteiger partial charge in [-0.05, 0) is 82.9 Å². The molecule has 7 aromatic carbocycles. The molecule has 3 nitrogen and oxygen atoms in total. The van der Waals surface area contributed by atoms with Gasteiger partial charge in [-0.3, -0.25) is 0 Å². The number of hydrogen-bond acceptors (Lipinski definition) is 3. The standard InChI is InChI=1S/C33H28.C18H20N2.C2H5N/c1-25-13-15-27(16-14-25)29-19-23-32(24-20-29)33(2,30-11-7-4-8-12-30)31-21-17-28(18-22-31)26-9-5-3-6-10-26;1-4-6-9-12-20-18-16-11-8-7-10-15(16)14(5-2)13(3)17(18)19;1-3-2/h3-24H,1-2H3;4-11,20H,1-2,12,19H2,3H3;1H2,2H3/b;9-6-;. The summed E-state index contributed by atoms with van der Waals surface area (Å²) in [6, 6.07) is 56.5. The first-order valence-corrected chi connectivity index (χ1v) is 18.9. The number of nitrogens with two attached hydrogens (primary N) is 1. The van der Waals surface area contributed by atoms with E-state index in [1.54, 1.807) is 13.1 Å². The summed E-state index contributed by atoms with van der Waals surface area (Å²) < 4.78 is 0. The number of fused-ring (bicyclic) bond motifs is 1. The van der Waals surface area contributed by atoms with Crippen LogP contribution < -0.4 is 11.1 Å². The summed E-state index contributed by atoms with van der Waals surface area (Å²) in [6.45, 7) is 17.9. The summed E-state index contributed by atoms with van der Waals surface area (Å²) in [7, 11) is 1.64. The van der Waals surface area contributed by atoms with Gasteiger partial charge in [0, 0.05) is 24.4 Å². The van der Waals surface area contributed by atoms with E-state index < -0.39 is 0 Å². The van der Waals surface area contributed by atoms with Crippen LogP contribution in [0.1, 0.15) is 40.3 Å². The minimum absolute atomic E-state index is 0.248. The van der Waals surface area contributed by atoms with Crippen molar-refractivity contribution in [1.82, 2.24) is 0 Å². The fraction of sp³-hybridized carbons (Fsp3) is 0.113. The molecule has 0 heterocycles. The summed E-state index contributed by atoms with van der Waals surface area (Å²) >= 11 is 0. The second-order valence-corrected chi connectivity index (χ2v) is 13.8. The fourth-order valence-corrected chi connectivity index (χ4v) is 7.03. The van der Waals surface area contributed by atoms with Gasteiger partial charge in [0.25, 0.3) is 0 Å². The van der Waals surface area contributed by atoms with E-state index in [0.717, 1.165) is 27.9 Å². The first-order chi connectivity index (χ1) is 27.3. The molecule has 1 unspecified atom stereocenters. The van der Waals surface area contributed by atoms with Crippen molar-refractivity contribution < 1.29 is 0 Å². The Labute approximate surface area is 334 Å². The number of aryl methyl sites for hydroxylation is 1. The van der Waals surface area contributed by atoms with Crippen LogP contribution in [0.2, 0.25) is 0 Å². The lowest BCUT2D eigenvalue weighted by atomic mass is 9.70. The predicted molar refractivity (Wildman–Crippen MR) is 247 cm³/mol. The third-order valence-electron chi connectivity index (χ3n) is 10.2.